The highest BCUT2D eigenvalue weighted by Gasteiger charge is 2.53. The molecule has 4 nitrogen and oxygen atoms in total. The lowest BCUT2D eigenvalue weighted by molar-refractivity contribution is -0.123. The molecule has 0 saturated heterocycles. The van der Waals surface area contributed by atoms with Gasteiger partial charge >= 0.3 is 0 Å². The van der Waals surface area contributed by atoms with Crippen LogP contribution in [0.25, 0.3) is 11.3 Å². The van der Waals surface area contributed by atoms with E-state index in [4.69, 9.17) is 4.52 Å². The summed E-state index contributed by atoms with van der Waals surface area (Å²) >= 11 is 0. The molecule has 26 heavy (non-hydrogen) atoms. The van der Waals surface area contributed by atoms with Crippen molar-refractivity contribution in [3.8, 4) is 11.3 Å². The van der Waals surface area contributed by atoms with Crippen molar-refractivity contribution in [1.29, 1.82) is 0 Å². The SMILES string of the molecule is CCCCCCCCNC(=O)C1(c2cc(-c3ccccc3F)on2)CC1. The summed E-state index contributed by atoms with van der Waals surface area (Å²) in [4.78, 5) is 12.6. The minimum Gasteiger partial charge on any atom is -0.356 e. The molecule has 0 aliphatic heterocycles. The predicted octanol–water partition coefficient (Wildman–Crippen LogP) is 4.99. The molecule has 1 heterocycles. The quantitative estimate of drug-likeness (QED) is 0.609. The molecule has 1 aromatic carbocycles. The zero-order chi connectivity index (χ0) is 18.4. The molecule has 1 saturated carbocycles. The molecule has 1 aliphatic rings. The van der Waals surface area contributed by atoms with E-state index >= 15 is 0 Å². The maximum absolute atomic E-state index is 13.9. The highest BCUT2D eigenvalue weighted by molar-refractivity contribution is 5.91. The van der Waals surface area contributed by atoms with Crippen molar-refractivity contribution >= 4 is 5.91 Å². The minimum absolute atomic E-state index is 0.0134. The molecule has 1 N–H and O–H groups in total. The molecule has 5 heteroatoms. The van der Waals surface area contributed by atoms with Gasteiger partial charge in [-0.1, -0.05) is 56.3 Å². The molecule has 1 fully saturated rings. The fourth-order valence-electron chi connectivity index (χ4n) is 3.29. The van der Waals surface area contributed by atoms with Gasteiger partial charge in [0.2, 0.25) is 5.91 Å². The second-order valence-electron chi connectivity index (χ2n) is 7.16. The van der Waals surface area contributed by atoms with Gasteiger partial charge in [-0.05, 0) is 31.4 Å². The number of hydrogen-bond donors (Lipinski definition) is 1. The molecule has 0 radical (unpaired) electrons. The minimum atomic E-state index is -0.588. The van der Waals surface area contributed by atoms with Crippen molar-refractivity contribution in [2.75, 3.05) is 6.54 Å². The highest BCUT2D eigenvalue weighted by Crippen LogP contribution is 2.48. The summed E-state index contributed by atoms with van der Waals surface area (Å²) in [6.07, 6.45) is 8.70. The van der Waals surface area contributed by atoms with Gasteiger partial charge in [-0.25, -0.2) is 4.39 Å². The normalized spacial score (nSPS) is 15.0. The maximum Gasteiger partial charge on any atom is 0.232 e. The molecule has 0 unspecified atom stereocenters. The zero-order valence-electron chi connectivity index (χ0n) is 15.4. The van der Waals surface area contributed by atoms with Crippen LogP contribution in [-0.2, 0) is 10.2 Å². The number of nitrogens with one attached hydrogen (secondary N) is 1. The van der Waals surface area contributed by atoms with Gasteiger partial charge < -0.3 is 9.84 Å². The molecular weight excluding hydrogens is 331 g/mol. The molecule has 0 bridgehead atoms. The van der Waals surface area contributed by atoms with Crippen LogP contribution in [0.1, 0.15) is 64.0 Å². The first-order valence-electron chi connectivity index (χ1n) is 9.68. The second-order valence-corrected chi connectivity index (χ2v) is 7.16. The monoisotopic (exact) mass is 358 g/mol. The fourth-order valence-corrected chi connectivity index (χ4v) is 3.29. The topological polar surface area (TPSA) is 55.1 Å². The molecule has 2 aromatic rings. The van der Waals surface area contributed by atoms with Gasteiger partial charge in [0.1, 0.15) is 5.82 Å². The summed E-state index contributed by atoms with van der Waals surface area (Å²) in [5.41, 5.74) is 0.389. The smallest absolute Gasteiger partial charge is 0.232 e. The van der Waals surface area contributed by atoms with Gasteiger partial charge in [0.25, 0.3) is 0 Å². The Morgan fingerprint density at radius 1 is 1.19 bits per heavy atom. The first-order chi connectivity index (χ1) is 12.7. The van der Waals surface area contributed by atoms with Crippen LogP contribution in [0.3, 0.4) is 0 Å². The van der Waals surface area contributed by atoms with Crippen LogP contribution in [0, 0.1) is 5.82 Å². The van der Waals surface area contributed by atoms with E-state index in [2.05, 4.69) is 17.4 Å². The number of carbonyl (C=O) groups excluding carboxylic acids is 1. The number of aromatic nitrogens is 1. The largest absolute Gasteiger partial charge is 0.356 e. The fraction of sp³-hybridized carbons (Fsp3) is 0.524. The van der Waals surface area contributed by atoms with E-state index < -0.39 is 5.41 Å². The first-order valence-corrected chi connectivity index (χ1v) is 9.68. The van der Waals surface area contributed by atoms with Gasteiger partial charge in [0, 0.05) is 12.6 Å². The third kappa shape index (κ3) is 4.14. The van der Waals surface area contributed by atoms with Crippen molar-refractivity contribution in [1.82, 2.24) is 10.5 Å². The van der Waals surface area contributed by atoms with E-state index in [1.165, 1.54) is 31.7 Å². The van der Waals surface area contributed by atoms with Gasteiger partial charge in [0.05, 0.1) is 16.7 Å². The lowest BCUT2D eigenvalue weighted by atomic mass is 10.00. The van der Waals surface area contributed by atoms with Crippen molar-refractivity contribution < 1.29 is 13.7 Å². The van der Waals surface area contributed by atoms with Crippen LogP contribution < -0.4 is 5.32 Å². The van der Waals surface area contributed by atoms with Crippen LogP contribution >= 0.6 is 0 Å². The maximum atomic E-state index is 13.9. The number of halogens is 1. The van der Waals surface area contributed by atoms with E-state index in [1.54, 1.807) is 24.3 Å². The van der Waals surface area contributed by atoms with E-state index in [0.29, 0.717) is 23.6 Å². The average Bonchev–Trinajstić information content (AvgIpc) is 3.32. The Hall–Kier alpha value is -2.17. The molecule has 0 spiro atoms. The molecular formula is C21H27FN2O2. The molecule has 1 aliphatic carbocycles. The van der Waals surface area contributed by atoms with Gasteiger partial charge in [-0.15, -0.1) is 0 Å². The Bertz CT molecular complexity index is 737. The van der Waals surface area contributed by atoms with Crippen LogP contribution in [-0.4, -0.2) is 17.6 Å². The number of hydrogen-bond acceptors (Lipinski definition) is 3. The summed E-state index contributed by atoms with van der Waals surface area (Å²) in [7, 11) is 0. The van der Waals surface area contributed by atoms with E-state index in [0.717, 1.165) is 25.7 Å². The number of benzene rings is 1. The Morgan fingerprint density at radius 3 is 2.65 bits per heavy atom. The highest BCUT2D eigenvalue weighted by atomic mass is 19.1. The summed E-state index contributed by atoms with van der Waals surface area (Å²) in [6, 6.07) is 8.13. The summed E-state index contributed by atoms with van der Waals surface area (Å²) in [5, 5.41) is 7.11. The molecule has 1 aromatic heterocycles. The van der Waals surface area contributed by atoms with Crippen molar-refractivity contribution in [2.24, 2.45) is 0 Å². The standard InChI is InChI=1S/C21H27FN2O2/c1-2-3-4-5-6-9-14-23-20(25)21(12-13-21)19-15-18(26-24-19)16-10-7-8-11-17(16)22/h7-8,10-11,15H,2-6,9,12-14H2,1H3,(H,23,25). The number of unbranched alkanes of at least 4 members (excludes halogenated alkanes) is 5. The third-order valence-electron chi connectivity index (χ3n) is 5.14. The van der Waals surface area contributed by atoms with E-state index in [-0.39, 0.29) is 11.7 Å². The van der Waals surface area contributed by atoms with Gasteiger partial charge in [-0.3, -0.25) is 4.79 Å². The Kier molecular flexibility index (Phi) is 6.07. The molecule has 0 atom stereocenters. The molecule has 3 rings (SSSR count). The molecule has 1 amide bonds. The number of amides is 1. The number of carbonyl (C=O) groups is 1. The Morgan fingerprint density at radius 2 is 1.92 bits per heavy atom. The van der Waals surface area contributed by atoms with E-state index in [1.807, 2.05) is 0 Å². The second kappa shape index (κ2) is 8.47. The van der Waals surface area contributed by atoms with Crippen LogP contribution in [0.15, 0.2) is 34.9 Å². The summed E-state index contributed by atoms with van der Waals surface area (Å²) in [6.45, 7) is 2.90. The number of rotatable bonds is 10. The van der Waals surface area contributed by atoms with Crippen LogP contribution in [0.2, 0.25) is 0 Å². The van der Waals surface area contributed by atoms with Crippen LogP contribution in [0.4, 0.5) is 4.39 Å². The third-order valence-corrected chi connectivity index (χ3v) is 5.14. The lowest BCUT2D eigenvalue weighted by Gasteiger charge is -2.12. The predicted molar refractivity (Wildman–Crippen MR) is 99.2 cm³/mol. The van der Waals surface area contributed by atoms with Crippen molar-refractivity contribution in [3.63, 3.8) is 0 Å². The number of nitrogens with zero attached hydrogens (tertiary/aromatic N) is 1. The van der Waals surface area contributed by atoms with Crippen LogP contribution in [0.5, 0.6) is 0 Å². The van der Waals surface area contributed by atoms with Crippen molar-refractivity contribution in [2.45, 2.75) is 63.7 Å². The van der Waals surface area contributed by atoms with E-state index in [9.17, 15) is 9.18 Å². The zero-order valence-corrected chi connectivity index (χ0v) is 15.4. The van der Waals surface area contributed by atoms with Crippen molar-refractivity contribution in [3.05, 3.63) is 41.8 Å². The Balaban J connectivity index is 1.54. The Labute approximate surface area is 154 Å². The average molecular weight is 358 g/mol. The van der Waals surface area contributed by atoms with Gasteiger partial charge in [-0.2, -0.15) is 0 Å². The summed E-state index contributed by atoms with van der Waals surface area (Å²) < 4.78 is 19.2. The van der Waals surface area contributed by atoms with Gasteiger partial charge in [0.15, 0.2) is 5.76 Å². The first kappa shape index (κ1) is 18.6. The lowest BCUT2D eigenvalue weighted by Crippen LogP contribution is -2.35. The summed E-state index contributed by atoms with van der Waals surface area (Å²) in [5.74, 6) is 0.0279. The molecule has 140 valence electrons.